The minimum Gasteiger partial charge on any atom is -0.459 e. The number of hydrogen-bond acceptors (Lipinski definition) is 5. The lowest BCUT2D eigenvalue weighted by atomic mass is 10.0. The molecule has 0 spiro atoms. The highest BCUT2D eigenvalue weighted by molar-refractivity contribution is 5.95. The normalized spacial score (nSPS) is 17.8. The number of furan rings is 1. The molecule has 146 valence electrons. The van der Waals surface area contributed by atoms with Gasteiger partial charge in [0.15, 0.2) is 5.76 Å². The number of piperidine rings is 1. The number of nitrogens with one attached hydrogen (secondary N) is 2. The molecule has 1 aromatic rings. The van der Waals surface area contributed by atoms with Crippen molar-refractivity contribution in [2.75, 3.05) is 19.6 Å². The third-order valence-corrected chi connectivity index (χ3v) is 4.28. The molecule has 2 rings (SSSR count). The average molecular weight is 387 g/mol. The van der Waals surface area contributed by atoms with E-state index >= 15 is 0 Å². The van der Waals surface area contributed by atoms with Crippen LogP contribution in [0.5, 0.6) is 0 Å². The van der Waals surface area contributed by atoms with Crippen molar-refractivity contribution in [2.45, 2.75) is 44.7 Å². The fourth-order valence-electron chi connectivity index (χ4n) is 2.94. The highest BCUT2D eigenvalue weighted by Crippen LogP contribution is 2.18. The number of nitrogens with zero attached hydrogens (tertiary/aromatic N) is 1. The van der Waals surface area contributed by atoms with Crippen LogP contribution >= 0.6 is 12.4 Å². The molecule has 0 aliphatic carbocycles. The Bertz CT molecular complexity index is 594. The van der Waals surface area contributed by atoms with E-state index in [-0.39, 0.29) is 42.4 Å². The first-order valence-corrected chi connectivity index (χ1v) is 8.64. The Morgan fingerprint density at radius 3 is 2.81 bits per heavy atom. The summed E-state index contributed by atoms with van der Waals surface area (Å²) in [6, 6.07) is 2.43. The van der Waals surface area contributed by atoms with Crippen molar-refractivity contribution in [1.82, 2.24) is 15.5 Å². The zero-order valence-electron chi connectivity index (χ0n) is 14.9. The standard InChI is InChI=1S/C17H26N4O4.ClH/c1-12(20-16(23)14-6-4-10-25-14)17(24)21-9-3-2-5-13(21)11-19-15(22)7-8-18;/h4,6,10,12-13H,2-3,5,7-9,11,18H2,1H3,(H,19,22)(H,20,23);1H. The summed E-state index contributed by atoms with van der Waals surface area (Å²) in [6.45, 7) is 2.98. The zero-order chi connectivity index (χ0) is 18.2. The van der Waals surface area contributed by atoms with E-state index in [9.17, 15) is 14.4 Å². The molecule has 2 unspecified atom stereocenters. The molecule has 26 heavy (non-hydrogen) atoms. The van der Waals surface area contributed by atoms with E-state index < -0.39 is 11.9 Å². The molecule has 1 aliphatic heterocycles. The molecular formula is C17H27ClN4O4. The Morgan fingerprint density at radius 1 is 1.38 bits per heavy atom. The lowest BCUT2D eigenvalue weighted by Gasteiger charge is -2.37. The SMILES string of the molecule is CC(NC(=O)c1ccco1)C(=O)N1CCCCC1CNC(=O)CCN.Cl. The minimum atomic E-state index is -0.669. The third kappa shape index (κ3) is 6.03. The Labute approximate surface area is 159 Å². The van der Waals surface area contributed by atoms with Crippen molar-refractivity contribution in [3.8, 4) is 0 Å². The third-order valence-electron chi connectivity index (χ3n) is 4.28. The predicted molar refractivity (Wildman–Crippen MR) is 98.9 cm³/mol. The molecule has 1 aliphatic rings. The molecule has 0 saturated carbocycles. The van der Waals surface area contributed by atoms with E-state index in [2.05, 4.69) is 10.6 Å². The second-order valence-electron chi connectivity index (χ2n) is 6.20. The van der Waals surface area contributed by atoms with Crippen molar-refractivity contribution >= 4 is 30.1 Å². The van der Waals surface area contributed by atoms with Gasteiger partial charge in [-0.15, -0.1) is 12.4 Å². The van der Waals surface area contributed by atoms with Crippen LogP contribution in [0.25, 0.3) is 0 Å². The largest absolute Gasteiger partial charge is 0.459 e. The lowest BCUT2D eigenvalue weighted by Crippen LogP contribution is -2.55. The van der Waals surface area contributed by atoms with Crippen molar-refractivity contribution < 1.29 is 18.8 Å². The molecule has 0 aromatic carbocycles. The highest BCUT2D eigenvalue weighted by atomic mass is 35.5. The van der Waals surface area contributed by atoms with Gasteiger partial charge in [0.1, 0.15) is 6.04 Å². The molecule has 9 heteroatoms. The van der Waals surface area contributed by atoms with Crippen LogP contribution in [-0.2, 0) is 9.59 Å². The van der Waals surface area contributed by atoms with Crippen LogP contribution in [-0.4, -0.2) is 54.3 Å². The van der Waals surface area contributed by atoms with Gasteiger partial charge in [0.2, 0.25) is 11.8 Å². The number of likely N-dealkylation sites (tertiary alicyclic amines) is 1. The van der Waals surface area contributed by atoms with Gasteiger partial charge in [-0.1, -0.05) is 0 Å². The van der Waals surface area contributed by atoms with E-state index in [4.69, 9.17) is 10.2 Å². The van der Waals surface area contributed by atoms with Gasteiger partial charge in [-0.05, 0) is 38.3 Å². The van der Waals surface area contributed by atoms with Gasteiger partial charge in [-0.2, -0.15) is 0 Å². The summed E-state index contributed by atoms with van der Waals surface area (Å²) >= 11 is 0. The summed E-state index contributed by atoms with van der Waals surface area (Å²) in [5.74, 6) is -0.517. The van der Waals surface area contributed by atoms with Gasteiger partial charge < -0.3 is 25.7 Å². The number of carbonyl (C=O) groups excluding carboxylic acids is 3. The molecule has 1 fully saturated rings. The van der Waals surface area contributed by atoms with E-state index in [1.54, 1.807) is 24.0 Å². The molecule has 0 radical (unpaired) electrons. The van der Waals surface area contributed by atoms with Gasteiger partial charge >= 0.3 is 0 Å². The maximum Gasteiger partial charge on any atom is 0.287 e. The Hall–Kier alpha value is -2.06. The Morgan fingerprint density at radius 2 is 2.15 bits per heavy atom. The molecule has 8 nitrogen and oxygen atoms in total. The number of carbonyl (C=O) groups is 3. The van der Waals surface area contributed by atoms with Gasteiger partial charge in [-0.3, -0.25) is 14.4 Å². The molecule has 0 bridgehead atoms. The number of hydrogen-bond donors (Lipinski definition) is 3. The molecule has 3 amide bonds. The van der Waals surface area contributed by atoms with Crippen LogP contribution < -0.4 is 16.4 Å². The van der Waals surface area contributed by atoms with Gasteiger partial charge in [0.25, 0.3) is 5.91 Å². The minimum absolute atomic E-state index is 0. The Balaban J connectivity index is 0.00000338. The van der Waals surface area contributed by atoms with Crippen LogP contribution in [0.15, 0.2) is 22.8 Å². The van der Waals surface area contributed by atoms with Crippen LogP contribution in [0.1, 0.15) is 43.2 Å². The van der Waals surface area contributed by atoms with Crippen LogP contribution in [0.2, 0.25) is 0 Å². The van der Waals surface area contributed by atoms with Crippen LogP contribution in [0.3, 0.4) is 0 Å². The number of nitrogens with two attached hydrogens (primary N) is 1. The summed E-state index contributed by atoms with van der Waals surface area (Å²) in [5, 5.41) is 5.48. The lowest BCUT2D eigenvalue weighted by molar-refractivity contribution is -0.137. The molecule has 2 heterocycles. The highest BCUT2D eigenvalue weighted by Gasteiger charge is 2.30. The second-order valence-corrected chi connectivity index (χ2v) is 6.20. The number of amides is 3. The topological polar surface area (TPSA) is 118 Å². The second kappa shape index (κ2) is 10.8. The van der Waals surface area contributed by atoms with Crippen molar-refractivity contribution in [3.63, 3.8) is 0 Å². The van der Waals surface area contributed by atoms with Crippen molar-refractivity contribution in [1.29, 1.82) is 0 Å². The quantitative estimate of drug-likeness (QED) is 0.636. The van der Waals surface area contributed by atoms with E-state index in [0.717, 1.165) is 19.3 Å². The molecule has 4 N–H and O–H groups in total. The van der Waals surface area contributed by atoms with Gasteiger partial charge in [-0.25, -0.2) is 0 Å². The number of rotatable bonds is 7. The van der Waals surface area contributed by atoms with E-state index in [1.807, 2.05) is 0 Å². The number of halogens is 1. The average Bonchev–Trinajstić information content (AvgIpc) is 3.14. The summed E-state index contributed by atoms with van der Waals surface area (Å²) < 4.78 is 5.04. The maximum absolute atomic E-state index is 12.7. The summed E-state index contributed by atoms with van der Waals surface area (Å²) in [5.41, 5.74) is 5.37. The monoisotopic (exact) mass is 386 g/mol. The van der Waals surface area contributed by atoms with E-state index in [1.165, 1.54) is 6.26 Å². The predicted octanol–water partition coefficient (Wildman–Crippen LogP) is 0.666. The molecule has 1 aromatic heterocycles. The molecule has 2 atom stereocenters. The first-order chi connectivity index (χ1) is 12.0. The van der Waals surface area contributed by atoms with Crippen molar-refractivity contribution in [2.24, 2.45) is 5.73 Å². The first kappa shape index (κ1) is 22.0. The fourth-order valence-corrected chi connectivity index (χ4v) is 2.94. The Kier molecular flexibility index (Phi) is 9.15. The summed E-state index contributed by atoms with van der Waals surface area (Å²) in [4.78, 5) is 38.1. The van der Waals surface area contributed by atoms with Crippen LogP contribution in [0, 0.1) is 0 Å². The first-order valence-electron chi connectivity index (χ1n) is 8.64. The maximum atomic E-state index is 12.7. The summed E-state index contributed by atoms with van der Waals surface area (Å²) in [6.07, 6.45) is 4.43. The van der Waals surface area contributed by atoms with Crippen LogP contribution in [0.4, 0.5) is 0 Å². The van der Waals surface area contributed by atoms with Gasteiger partial charge in [0.05, 0.1) is 6.26 Å². The molecule has 1 saturated heterocycles. The smallest absolute Gasteiger partial charge is 0.287 e. The van der Waals surface area contributed by atoms with Gasteiger partial charge in [0, 0.05) is 32.1 Å². The van der Waals surface area contributed by atoms with E-state index in [0.29, 0.717) is 19.6 Å². The molecular weight excluding hydrogens is 360 g/mol. The van der Waals surface area contributed by atoms with Crippen molar-refractivity contribution in [3.05, 3.63) is 24.2 Å². The fraction of sp³-hybridized carbons (Fsp3) is 0.588. The zero-order valence-corrected chi connectivity index (χ0v) is 15.7. The summed E-state index contributed by atoms with van der Waals surface area (Å²) in [7, 11) is 0.